The van der Waals surface area contributed by atoms with Crippen LogP contribution in [0.25, 0.3) is 0 Å². The molecule has 0 radical (unpaired) electrons. The molecule has 1 fully saturated rings. The van der Waals surface area contributed by atoms with Gasteiger partial charge in [-0.2, -0.15) is 0 Å². The standard InChI is InChI=1S/C16H21NO4/c1-21-12-8-6-11(7-9-12)10-17-15(18)13-4-2-3-5-14(13)16(19)20/h6-9,13-14H,2-5,10H2,1H3,(H,17,18)(H,19,20)/p-1/t13-,14-/m0/s1. The normalized spacial score (nSPS) is 21.6. The molecule has 0 heterocycles. The molecule has 1 saturated carbocycles. The van der Waals surface area contributed by atoms with Crippen molar-refractivity contribution in [3.63, 3.8) is 0 Å². The molecular weight excluding hydrogens is 270 g/mol. The third-order valence-corrected chi connectivity index (χ3v) is 4.03. The van der Waals surface area contributed by atoms with Crippen molar-refractivity contribution in [2.24, 2.45) is 11.8 Å². The minimum atomic E-state index is -1.11. The maximum absolute atomic E-state index is 12.2. The first-order valence-electron chi connectivity index (χ1n) is 7.23. The van der Waals surface area contributed by atoms with Crippen molar-refractivity contribution in [3.05, 3.63) is 29.8 Å². The summed E-state index contributed by atoms with van der Waals surface area (Å²) in [5.41, 5.74) is 0.949. The van der Waals surface area contributed by atoms with Crippen LogP contribution in [-0.2, 0) is 16.1 Å². The molecule has 1 aromatic carbocycles. The van der Waals surface area contributed by atoms with Crippen molar-refractivity contribution in [1.29, 1.82) is 0 Å². The summed E-state index contributed by atoms with van der Waals surface area (Å²) < 4.78 is 5.07. The van der Waals surface area contributed by atoms with Gasteiger partial charge in [-0.25, -0.2) is 0 Å². The average molecular weight is 290 g/mol. The van der Waals surface area contributed by atoms with E-state index in [-0.39, 0.29) is 5.91 Å². The molecule has 21 heavy (non-hydrogen) atoms. The molecule has 2 atom stereocenters. The van der Waals surface area contributed by atoms with Crippen molar-refractivity contribution in [2.75, 3.05) is 7.11 Å². The largest absolute Gasteiger partial charge is 0.550 e. The third-order valence-electron chi connectivity index (χ3n) is 4.03. The van der Waals surface area contributed by atoms with E-state index in [0.29, 0.717) is 19.4 Å². The van der Waals surface area contributed by atoms with Gasteiger partial charge in [0.05, 0.1) is 7.11 Å². The van der Waals surface area contributed by atoms with Crippen molar-refractivity contribution in [2.45, 2.75) is 32.2 Å². The number of carboxylic acid groups (broad SMARTS) is 1. The summed E-state index contributed by atoms with van der Waals surface area (Å²) in [6.45, 7) is 0.388. The first kappa shape index (κ1) is 15.4. The summed E-state index contributed by atoms with van der Waals surface area (Å²) in [5, 5.41) is 13.9. The number of carbonyl (C=O) groups is 2. The Morgan fingerprint density at radius 1 is 1.19 bits per heavy atom. The van der Waals surface area contributed by atoms with Gasteiger partial charge in [0.2, 0.25) is 5.91 Å². The lowest BCUT2D eigenvalue weighted by Crippen LogP contribution is -2.44. The molecule has 0 aromatic heterocycles. The van der Waals surface area contributed by atoms with Gasteiger partial charge in [-0.3, -0.25) is 4.79 Å². The maximum atomic E-state index is 12.2. The zero-order valence-electron chi connectivity index (χ0n) is 12.1. The van der Waals surface area contributed by atoms with Crippen LogP contribution in [0.2, 0.25) is 0 Å². The van der Waals surface area contributed by atoms with Gasteiger partial charge in [-0.1, -0.05) is 25.0 Å². The van der Waals surface area contributed by atoms with Crippen LogP contribution in [0.3, 0.4) is 0 Å². The smallest absolute Gasteiger partial charge is 0.224 e. The van der Waals surface area contributed by atoms with Crippen LogP contribution in [0, 0.1) is 11.8 Å². The molecule has 0 spiro atoms. The summed E-state index contributed by atoms with van der Waals surface area (Å²) in [7, 11) is 1.60. The van der Waals surface area contributed by atoms with Crippen molar-refractivity contribution in [1.82, 2.24) is 5.32 Å². The van der Waals surface area contributed by atoms with Crippen LogP contribution in [0.4, 0.5) is 0 Å². The molecule has 0 saturated heterocycles. The highest BCUT2D eigenvalue weighted by Gasteiger charge is 2.31. The highest BCUT2D eigenvalue weighted by molar-refractivity contribution is 5.84. The van der Waals surface area contributed by atoms with Gasteiger partial charge >= 0.3 is 0 Å². The molecule has 114 valence electrons. The molecule has 5 heteroatoms. The average Bonchev–Trinajstić information content (AvgIpc) is 2.53. The molecule has 1 aromatic rings. The van der Waals surface area contributed by atoms with Crippen LogP contribution >= 0.6 is 0 Å². The summed E-state index contributed by atoms with van der Waals surface area (Å²) >= 11 is 0. The molecule has 2 rings (SSSR count). The van der Waals surface area contributed by atoms with Crippen molar-refractivity contribution < 1.29 is 19.4 Å². The molecule has 1 N–H and O–H groups in total. The Hall–Kier alpha value is -2.04. The highest BCUT2D eigenvalue weighted by Crippen LogP contribution is 2.29. The topological polar surface area (TPSA) is 78.5 Å². The maximum Gasteiger partial charge on any atom is 0.224 e. The lowest BCUT2D eigenvalue weighted by atomic mass is 9.78. The van der Waals surface area contributed by atoms with E-state index in [9.17, 15) is 14.7 Å². The van der Waals surface area contributed by atoms with E-state index in [1.54, 1.807) is 7.11 Å². The molecular formula is C16H20NO4-. The summed E-state index contributed by atoms with van der Waals surface area (Å²) in [6, 6.07) is 7.39. The number of carboxylic acids is 1. The van der Waals surface area contributed by atoms with Crippen LogP contribution < -0.4 is 15.2 Å². The molecule has 5 nitrogen and oxygen atoms in total. The fraction of sp³-hybridized carbons (Fsp3) is 0.500. The van der Waals surface area contributed by atoms with Gasteiger partial charge in [0.15, 0.2) is 0 Å². The minimum absolute atomic E-state index is 0.195. The SMILES string of the molecule is COc1ccc(CNC(=O)[C@H]2CCCC[C@@H]2C(=O)[O-])cc1. The lowest BCUT2D eigenvalue weighted by Gasteiger charge is -2.31. The number of ether oxygens (including phenoxy) is 1. The van der Waals surface area contributed by atoms with Gasteiger partial charge < -0.3 is 20.0 Å². The number of carbonyl (C=O) groups excluding carboxylic acids is 2. The molecule has 1 amide bonds. The predicted octanol–water partition coefficient (Wildman–Crippen LogP) is 0.868. The van der Waals surface area contributed by atoms with Crippen LogP contribution in [0.1, 0.15) is 31.2 Å². The van der Waals surface area contributed by atoms with Crippen LogP contribution in [0.15, 0.2) is 24.3 Å². The number of aliphatic carboxylic acids is 1. The quantitative estimate of drug-likeness (QED) is 0.872. The first-order chi connectivity index (χ1) is 10.1. The number of amides is 1. The molecule has 0 unspecified atom stereocenters. The minimum Gasteiger partial charge on any atom is -0.550 e. The Kier molecular flexibility index (Phi) is 5.20. The van der Waals surface area contributed by atoms with E-state index in [0.717, 1.165) is 24.2 Å². The van der Waals surface area contributed by atoms with Gasteiger partial charge in [-0.05, 0) is 30.5 Å². The molecule has 1 aliphatic carbocycles. The number of hydrogen-bond donors (Lipinski definition) is 1. The lowest BCUT2D eigenvalue weighted by molar-refractivity contribution is -0.314. The fourth-order valence-corrected chi connectivity index (χ4v) is 2.79. The van der Waals surface area contributed by atoms with Crippen molar-refractivity contribution in [3.8, 4) is 5.75 Å². The Bertz CT molecular complexity index is 498. The molecule has 1 aliphatic rings. The van der Waals surface area contributed by atoms with Gasteiger partial charge in [0, 0.05) is 24.3 Å². The molecule has 0 bridgehead atoms. The number of nitrogens with one attached hydrogen (secondary N) is 1. The van der Waals surface area contributed by atoms with E-state index >= 15 is 0 Å². The summed E-state index contributed by atoms with van der Waals surface area (Å²) in [5.74, 6) is -1.68. The van der Waals surface area contributed by atoms with E-state index in [2.05, 4.69) is 5.32 Å². The Labute approximate surface area is 124 Å². The predicted molar refractivity (Wildman–Crippen MR) is 75.3 cm³/mol. The second kappa shape index (κ2) is 7.11. The van der Waals surface area contributed by atoms with Crippen LogP contribution in [-0.4, -0.2) is 19.0 Å². The number of methoxy groups -OCH3 is 1. The fourth-order valence-electron chi connectivity index (χ4n) is 2.79. The zero-order chi connectivity index (χ0) is 15.2. The van der Waals surface area contributed by atoms with E-state index in [4.69, 9.17) is 4.74 Å². The van der Waals surface area contributed by atoms with Gasteiger partial charge in [0.1, 0.15) is 5.75 Å². The van der Waals surface area contributed by atoms with Gasteiger partial charge in [0.25, 0.3) is 0 Å². The van der Waals surface area contributed by atoms with E-state index in [1.165, 1.54) is 0 Å². The highest BCUT2D eigenvalue weighted by atomic mass is 16.5. The molecule has 0 aliphatic heterocycles. The zero-order valence-corrected chi connectivity index (χ0v) is 12.1. The second-order valence-electron chi connectivity index (χ2n) is 5.38. The van der Waals surface area contributed by atoms with E-state index < -0.39 is 17.8 Å². The van der Waals surface area contributed by atoms with E-state index in [1.807, 2.05) is 24.3 Å². The number of benzene rings is 1. The van der Waals surface area contributed by atoms with Crippen LogP contribution in [0.5, 0.6) is 5.75 Å². The Morgan fingerprint density at radius 2 is 1.81 bits per heavy atom. The summed E-state index contributed by atoms with van der Waals surface area (Å²) in [6.07, 6.45) is 2.89. The third kappa shape index (κ3) is 3.97. The van der Waals surface area contributed by atoms with Gasteiger partial charge in [-0.15, -0.1) is 0 Å². The number of hydrogen-bond acceptors (Lipinski definition) is 4. The monoisotopic (exact) mass is 290 g/mol. The number of rotatable bonds is 5. The summed E-state index contributed by atoms with van der Waals surface area (Å²) in [4.78, 5) is 23.3. The van der Waals surface area contributed by atoms with Crippen molar-refractivity contribution >= 4 is 11.9 Å². The Balaban J connectivity index is 1.91. The Morgan fingerprint density at radius 3 is 2.38 bits per heavy atom. The second-order valence-corrected chi connectivity index (χ2v) is 5.38. The first-order valence-corrected chi connectivity index (χ1v) is 7.23.